The van der Waals surface area contributed by atoms with E-state index in [4.69, 9.17) is 0 Å². The van der Waals surface area contributed by atoms with Crippen molar-refractivity contribution in [1.29, 1.82) is 0 Å². The number of nitrogens with zero attached hydrogens (tertiary/aromatic N) is 4. The van der Waals surface area contributed by atoms with Crippen LogP contribution in [0.25, 0.3) is 11.0 Å². The molecule has 0 saturated carbocycles. The SMILES string of the molecule is Cl.Cn1nnc2cc(C(=O)N3C[C@H]4CNC[C@H]4C3)ccc21. The molecule has 2 saturated heterocycles. The van der Waals surface area contributed by atoms with Crippen LogP contribution in [0.3, 0.4) is 0 Å². The number of aromatic nitrogens is 3. The number of amides is 1. The van der Waals surface area contributed by atoms with Crippen molar-refractivity contribution >= 4 is 29.3 Å². The summed E-state index contributed by atoms with van der Waals surface area (Å²) in [6, 6.07) is 5.64. The largest absolute Gasteiger partial charge is 0.338 e. The second kappa shape index (κ2) is 5.27. The molecule has 0 spiro atoms. The monoisotopic (exact) mass is 307 g/mol. The summed E-state index contributed by atoms with van der Waals surface area (Å²) >= 11 is 0. The number of nitrogens with one attached hydrogen (secondary N) is 1. The van der Waals surface area contributed by atoms with Crippen LogP contribution in [-0.2, 0) is 7.05 Å². The van der Waals surface area contributed by atoms with Gasteiger partial charge in [-0.1, -0.05) is 5.21 Å². The van der Waals surface area contributed by atoms with E-state index in [0.717, 1.165) is 37.2 Å². The van der Waals surface area contributed by atoms with Crippen LogP contribution in [-0.4, -0.2) is 52.0 Å². The fourth-order valence-electron chi connectivity index (χ4n) is 3.38. The number of likely N-dealkylation sites (tertiary alicyclic amines) is 1. The van der Waals surface area contributed by atoms with Crippen LogP contribution in [0.4, 0.5) is 0 Å². The summed E-state index contributed by atoms with van der Waals surface area (Å²) in [7, 11) is 1.85. The molecule has 0 unspecified atom stereocenters. The molecule has 1 amide bonds. The van der Waals surface area contributed by atoms with E-state index in [1.165, 1.54) is 0 Å². The van der Waals surface area contributed by atoms with Gasteiger partial charge in [0.2, 0.25) is 0 Å². The van der Waals surface area contributed by atoms with Gasteiger partial charge < -0.3 is 10.2 Å². The van der Waals surface area contributed by atoms with Crippen molar-refractivity contribution in [2.45, 2.75) is 0 Å². The fraction of sp³-hybridized carbons (Fsp3) is 0.500. The number of halogens is 1. The van der Waals surface area contributed by atoms with Gasteiger partial charge in [-0.05, 0) is 30.0 Å². The number of fused-ring (bicyclic) bond motifs is 2. The highest BCUT2D eigenvalue weighted by Gasteiger charge is 2.38. The van der Waals surface area contributed by atoms with Gasteiger partial charge in [-0.15, -0.1) is 17.5 Å². The number of hydrogen-bond donors (Lipinski definition) is 1. The van der Waals surface area contributed by atoms with Crippen molar-refractivity contribution in [3.05, 3.63) is 23.8 Å². The van der Waals surface area contributed by atoms with Gasteiger partial charge in [0.05, 0.1) is 5.52 Å². The summed E-state index contributed by atoms with van der Waals surface area (Å²) in [6.45, 7) is 3.82. The van der Waals surface area contributed by atoms with Gasteiger partial charge in [-0.3, -0.25) is 4.79 Å². The van der Waals surface area contributed by atoms with Gasteiger partial charge in [-0.2, -0.15) is 0 Å². The highest BCUT2D eigenvalue weighted by molar-refractivity contribution is 5.97. The number of benzene rings is 1. The smallest absolute Gasteiger partial charge is 0.253 e. The molecule has 1 N–H and O–H groups in total. The van der Waals surface area contributed by atoms with E-state index in [1.54, 1.807) is 4.68 Å². The molecule has 112 valence electrons. The minimum atomic E-state index is 0. The summed E-state index contributed by atoms with van der Waals surface area (Å²) in [4.78, 5) is 14.6. The number of rotatable bonds is 1. The van der Waals surface area contributed by atoms with E-state index in [-0.39, 0.29) is 18.3 Å². The lowest BCUT2D eigenvalue weighted by atomic mass is 10.0. The Morgan fingerprint density at radius 3 is 2.71 bits per heavy atom. The first-order valence-corrected chi connectivity index (χ1v) is 7.02. The lowest BCUT2D eigenvalue weighted by Gasteiger charge is -2.17. The van der Waals surface area contributed by atoms with Crippen LogP contribution >= 0.6 is 12.4 Å². The maximum atomic E-state index is 12.6. The molecule has 4 rings (SSSR count). The van der Waals surface area contributed by atoms with Crippen molar-refractivity contribution in [1.82, 2.24) is 25.2 Å². The zero-order valence-corrected chi connectivity index (χ0v) is 12.6. The topological polar surface area (TPSA) is 63.1 Å². The Morgan fingerprint density at radius 2 is 2.00 bits per heavy atom. The number of carbonyl (C=O) groups excluding carboxylic acids is 1. The molecule has 1 aromatic carbocycles. The number of carbonyl (C=O) groups is 1. The maximum Gasteiger partial charge on any atom is 0.253 e. The van der Waals surface area contributed by atoms with Gasteiger partial charge in [0, 0.05) is 38.8 Å². The van der Waals surface area contributed by atoms with E-state index in [0.29, 0.717) is 17.4 Å². The first-order valence-electron chi connectivity index (χ1n) is 7.02. The summed E-state index contributed by atoms with van der Waals surface area (Å²) in [5.74, 6) is 1.37. The van der Waals surface area contributed by atoms with Crippen LogP contribution in [0, 0.1) is 11.8 Å². The standard InChI is InChI=1S/C14H17N5O.ClH/c1-18-13-3-2-9(4-12(13)16-17-18)14(20)19-7-10-5-15-6-11(10)8-19;/h2-4,10-11,15H,5-8H2,1H3;1H/t10-,11+;. The molecule has 2 aliphatic heterocycles. The second-order valence-corrected chi connectivity index (χ2v) is 5.81. The average molecular weight is 308 g/mol. The lowest BCUT2D eigenvalue weighted by Crippen LogP contribution is -2.31. The molecule has 2 atom stereocenters. The Balaban J connectivity index is 0.00000132. The molecule has 0 radical (unpaired) electrons. The summed E-state index contributed by atoms with van der Waals surface area (Å²) in [6.07, 6.45) is 0. The molecule has 2 aromatic rings. The van der Waals surface area contributed by atoms with Gasteiger partial charge >= 0.3 is 0 Å². The normalized spacial score (nSPS) is 24.1. The minimum Gasteiger partial charge on any atom is -0.338 e. The Morgan fingerprint density at radius 1 is 1.29 bits per heavy atom. The second-order valence-electron chi connectivity index (χ2n) is 5.81. The third-order valence-corrected chi connectivity index (χ3v) is 4.53. The molecule has 7 heteroatoms. The third kappa shape index (κ3) is 2.28. The van der Waals surface area contributed by atoms with Crippen molar-refractivity contribution in [2.75, 3.05) is 26.2 Å². The molecular weight excluding hydrogens is 290 g/mol. The van der Waals surface area contributed by atoms with E-state index in [9.17, 15) is 4.79 Å². The van der Waals surface area contributed by atoms with Crippen LogP contribution in [0.15, 0.2) is 18.2 Å². The average Bonchev–Trinajstić information content (AvgIpc) is 3.12. The first kappa shape index (κ1) is 14.3. The Bertz CT molecular complexity index is 673. The zero-order valence-electron chi connectivity index (χ0n) is 11.8. The fourth-order valence-corrected chi connectivity index (χ4v) is 3.38. The minimum absolute atomic E-state index is 0. The Labute approximate surface area is 128 Å². The summed E-state index contributed by atoms with van der Waals surface area (Å²) < 4.78 is 1.72. The van der Waals surface area contributed by atoms with E-state index >= 15 is 0 Å². The lowest BCUT2D eigenvalue weighted by molar-refractivity contribution is 0.0782. The van der Waals surface area contributed by atoms with Crippen LogP contribution in [0.1, 0.15) is 10.4 Å². The molecule has 3 heterocycles. The highest BCUT2D eigenvalue weighted by Crippen LogP contribution is 2.27. The highest BCUT2D eigenvalue weighted by atomic mass is 35.5. The zero-order chi connectivity index (χ0) is 13.7. The predicted octanol–water partition coefficient (Wildman–Crippen LogP) is 0.681. The van der Waals surface area contributed by atoms with E-state index < -0.39 is 0 Å². The van der Waals surface area contributed by atoms with Gasteiger partial charge in [0.25, 0.3) is 5.91 Å². The molecule has 0 aliphatic carbocycles. The van der Waals surface area contributed by atoms with E-state index in [2.05, 4.69) is 15.6 Å². The third-order valence-electron chi connectivity index (χ3n) is 4.53. The van der Waals surface area contributed by atoms with Crippen molar-refractivity contribution in [2.24, 2.45) is 18.9 Å². The van der Waals surface area contributed by atoms with Crippen LogP contribution < -0.4 is 5.32 Å². The van der Waals surface area contributed by atoms with Crippen molar-refractivity contribution < 1.29 is 4.79 Å². The molecule has 0 bridgehead atoms. The molecule has 2 fully saturated rings. The van der Waals surface area contributed by atoms with Gasteiger partial charge in [-0.25, -0.2) is 4.68 Å². The van der Waals surface area contributed by atoms with E-state index in [1.807, 2.05) is 30.1 Å². The molecule has 6 nitrogen and oxygen atoms in total. The molecule has 2 aliphatic rings. The van der Waals surface area contributed by atoms with Gasteiger partial charge in [0.1, 0.15) is 5.52 Å². The molecule has 1 aromatic heterocycles. The Hall–Kier alpha value is -1.66. The van der Waals surface area contributed by atoms with Crippen molar-refractivity contribution in [3.8, 4) is 0 Å². The van der Waals surface area contributed by atoms with Crippen LogP contribution in [0.5, 0.6) is 0 Å². The predicted molar refractivity (Wildman–Crippen MR) is 81.5 cm³/mol. The van der Waals surface area contributed by atoms with Gasteiger partial charge in [0.15, 0.2) is 0 Å². The quantitative estimate of drug-likeness (QED) is 0.841. The summed E-state index contributed by atoms with van der Waals surface area (Å²) in [5, 5.41) is 11.4. The molecule has 21 heavy (non-hydrogen) atoms. The Kier molecular flexibility index (Phi) is 3.59. The number of hydrogen-bond acceptors (Lipinski definition) is 4. The van der Waals surface area contributed by atoms with Crippen molar-refractivity contribution in [3.63, 3.8) is 0 Å². The number of aryl methyl sites for hydroxylation is 1. The first-order chi connectivity index (χ1) is 9.72. The van der Waals surface area contributed by atoms with Crippen LogP contribution in [0.2, 0.25) is 0 Å². The molecular formula is C14H18ClN5O. The maximum absolute atomic E-state index is 12.6. The summed E-state index contributed by atoms with van der Waals surface area (Å²) in [5.41, 5.74) is 2.44.